The lowest BCUT2D eigenvalue weighted by Gasteiger charge is -2.26. The molecule has 0 radical (unpaired) electrons. The van der Waals surface area contributed by atoms with Crippen molar-refractivity contribution in [2.24, 2.45) is 0 Å². The quantitative estimate of drug-likeness (QED) is 0.458. The Hall–Kier alpha value is -3.25. The molecule has 3 aromatic carbocycles. The van der Waals surface area contributed by atoms with Gasteiger partial charge in [-0.25, -0.2) is 0 Å². The molecule has 33 heavy (non-hydrogen) atoms. The maximum atomic E-state index is 13.1. The first-order valence-electron chi connectivity index (χ1n) is 11.3. The second-order valence-corrected chi connectivity index (χ2v) is 8.61. The number of likely N-dealkylation sites (N-methyl/N-ethyl adjacent to an activating group) is 1. The van der Waals surface area contributed by atoms with Gasteiger partial charge in [-0.2, -0.15) is 0 Å². The molecular formula is C27H32N2O4. The maximum absolute atomic E-state index is 13.1. The third-order valence-corrected chi connectivity index (χ3v) is 6.22. The summed E-state index contributed by atoms with van der Waals surface area (Å²) >= 11 is 0. The molecular weight excluding hydrogens is 416 g/mol. The predicted molar refractivity (Wildman–Crippen MR) is 130 cm³/mol. The van der Waals surface area contributed by atoms with Crippen molar-refractivity contribution in [1.29, 1.82) is 0 Å². The minimum absolute atomic E-state index is 0.110. The van der Waals surface area contributed by atoms with Crippen LogP contribution in [0.4, 0.5) is 0 Å². The Labute approximate surface area is 195 Å². The molecule has 1 aliphatic carbocycles. The number of hydrogen-bond donors (Lipinski definition) is 0. The number of benzene rings is 3. The fraction of sp³-hybridized carbons (Fsp3) is 0.370. The Bertz CT molecular complexity index is 1130. The smallest absolute Gasteiger partial charge is 0.236 e. The zero-order valence-electron chi connectivity index (χ0n) is 19.8. The van der Waals surface area contributed by atoms with E-state index in [4.69, 9.17) is 14.2 Å². The van der Waals surface area contributed by atoms with E-state index in [2.05, 4.69) is 29.2 Å². The zero-order chi connectivity index (χ0) is 23.4. The van der Waals surface area contributed by atoms with Crippen LogP contribution in [0.15, 0.2) is 54.6 Å². The lowest BCUT2D eigenvalue weighted by Crippen LogP contribution is -2.39. The van der Waals surface area contributed by atoms with E-state index in [0.29, 0.717) is 25.7 Å². The molecule has 1 amide bonds. The number of ether oxygens (including phenoxy) is 3. The molecule has 6 heteroatoms. The molecule has 6 nitrogen and oxygen atoms in total. The van der Waals surface area contributed by atoms with Crippen molar-refractivity contribution in [1.82, 2.24) is 9.80 Å². The van der Waals surface area contributed by atoms with Crippen LogP contribution < -0.4 is 14.2 Å². The Morgan fingerprint density at radius 3 is 2.21 bits per heavy atom. The second kappa shape index (κ2) is 10.1. The average molecular weight is 449 g/mol. The summed E-state index contributed by atoms with van der Waals surface area (Å²) in [5.74, 6) is 2.56. The van der Waals surface area contributed by atoms with E-state index in [1.54, 1.807) is 21.3 Å². The van der Waals surface area contributed by atoms with Gasteiger partial charge in [-0.05, 0) is 65.6 Å². The van der Waals surface area contributed by atoms with Crippen molar-refractivity contribution in [3.63, 3.8) is 0 Å². The normalized spacial score (nSPS) is 13.2. The third kappa shape index (κ3) is 5.57. The molecule has 0 atom stereocenters. The topological polar surface area (TPSA) is 51.2 Å². The summed E-state index contributed by atoms with van der Waals surface area (Å²) in [4.78, 5) is 17.2. The summed E-state index contributed by atoms with van der Waals surface area (Å²) in [7, 11) is 6.88. The minimum Gasteiger partial charge on any atom is -0.497 e. The highest BCUT2D eigenvalue weighted by Gasteiger charge is 2.31. The molecule has 0 unspecified atom stereocenters. The Morgan fingerprint density at radius 1 is 0.848 bits per heavy atom. The van der Waals surface area contributed by atoms with Crippen LogP contribution in [0, 0.1) is 0 Å². The van der Waals surface area contributed by atoms with Gasteiger partial charge in [-0.15, -0.1) is 0 Å². The van der Waals surface area contributed by atoms with Crippen molar-refractivity contribution >= 4 is 16.7 Å². The first kappa shape index (κ1) is 22.9. The van der Waals surface area contributed by atoms with Crippen LogP contribution in [0.5, 0.6) is 17.2 Å². The fourth-order valence-electron chi connectivity index (χ4n) is 4.13. The van der Waals surface area contributed by atoms with E-state index < -0.39 is 0 Å². The van der Waals surface area contributed by atoms with Crippen molar-refractivity contribution < 1.29 is 19.0 Å². The van der Waals surface area contributed by atoms with Crippen LogP contribution in [-0.4, -0.2) is 56.7 Å². The fourth-order valence-corrected chi connectivity index (χ4v) is 4.13. The Kier molecular flexibility index (Phi) is 7.04. The largest absolute Gasteiger partial charge is 0.497 e. The van der Waals surface area contributed by atoms with Gasteiger partial charge in [0.25, 0.3) is 0 Å². The van der Waals surface area contributed by atoms with E-state index in [9.17, 15) is 4.79 Å². The number of nitrogens with zero attached hydrogens (tertiary/aromatic N) is 2. The van der Waals surface area contributed by atoms with Crippen LogP contribution in [0.25, 0.3) is 10.8 Å². The molecule has 1 saturated carbocycles. The molecule has 1 aliphatic rings. The Balaban J connectivity index is 1.43. The average Bonchev–Trinajstić information content (AvgIpc) is 3.68. The van der Waals surface area contributed by atoms with Gasteiger partial charge < -0.3 is 19.1 Å². The molecule has 4 rings (SSSR count). The van der Waals surface area contributed by atoms with Gasteiger partial charge in [0.1, 0.15) is 17.2 Å². The summed E-state index contributed by atoms with van der Waals surface area (Å²) in [5.41, 5.74) is 2.14. The molecule has 0 aromatic heterocycles. The standard InChI is InChI=1S/C27H32N2O4/c1-28(16-19-5-6-21-14-24(31-2)10-7-20(21)13-19)27(30)18-29(23-8-9-23)17-22-15-25(32-3)11-12-26(22)33-4/h5-7,10-15,23H,8-9,16-18H2,1-4H3. The van der Waals surface area contributed by atoms with Gasteiger partial charge in [-0.3, -0.25) is 9.69 Å². The van der Waals surface area contributed by atoms with Crippen LogP contribution >= 0.6 is 0 Å². The SMILES string of the molecule is COc1ccc(OC)c(CN(CC(=O)N(C)Cc2ccc3cc(OC)ccc3c2)C2CC2)c1. The van der Waals surface area contributed by atoms with Crippen molar-refractivity contribution in [2.75, 3.05) is 34.9 Å². The van der Waals surface area contributed by atoms with Gasteiger partial charge >= 0.3 is 0 Å². The highest BCUT2D eigenvalue weighted by molar-refractivity contribution is 5.84. The predicted octanol–water partition coefficient (Wildman–Crippen LogP) is 4.49. The summed E-state index contributed by atoms with van der Waals surface area (Å²) in [6.07, 6.45) is 2.24. The summed E-state index contributed by atoms with van der Waals surface area (Å²) in [5, 5.41) is 2.26. The van der Waals surface area contributed by atoms with E-state index in [1.807, 2.05) is 42.3 Å². The van der Waals surface area contributed by atoms with Gasteiger partial charge in [0.05, 0.1) is 27.9 Å². The molecule has 0 aliphatic heterocycles. The van der Waals surface area contributed by atoms with E-state index in [1.165, 1.54) is 0 Å². The maximum Gasteiger partial charge on any atom is 0.236 e. The molecule has 0 spiro atoms. The highest BCUT2D eigenvalue weighted by Crippen LogP contribution is 2.32. The van der Waals surface area contributed by atoms with Gasteiger partial charge in [-0.1, -0.05) is 18.2 Å². The van der Waals surface area contributed by atoms with Gasteiger partial charge in [0, 0.05) is 31.7 Å². The number of methoxy groups -OCH3 is 3. The van der Waals surface area contributed by atoms with Gasteiger partial charge in [0.2, 0.25) is 5.91 Å². The monoisotopic (exact) mass is 448 g/mol. The highest BCUT2D eigenvalue weighted by atomic mass is 16.5. The number of carbonyl (C=O) groups excluding carboxylic acids is 1. The number of rotatable bonds is 10. The summed E-state index contributed by atoms with van der Waals surface area (Å²) < 4.78 is 16.2. The molecule has 0 saturated heterocycles. The first-order chi connectivity index (χ1) is 16.0. The van der Waals surface area contributed by atoms with Crippen molar-refractivity contribution in [2.45, 2.75) is 32.0 Å². The van der Waals surface area contributed by atoms with E-state index >= 15 is 0 Å². The third-order valence-electron chi connectivity index (χ3n) is 6.22. The van der Waals surface area contributed by atoms with E-state index in [0.717, 1.165) is 52.0 Å². The molecule has 1 fully saturated rings. The van der Waals surface area contributed by atoms with Crippen LogP contribution in [0.1, 0.15) is 24.0 Å². The van der Waals surface area contributed by atoms with Crippen molar-refractivity contribution in [3.8, 4) is 17.2 Å². The zero-order valence-corrected chi connectivity index (χ0v) is 19.8. The molecule has 3 aromatic rings. The first-order valence-corrected chi connectivity index (χ1v) is 11.3. The lowest BCUT2D eigenvalue weighted by atomic mass is 10.1. The number of amides is 1. The Morgan fingerprint density at radius 2 is 1.52 bits per heavy atom. The number of hydrogen-bond acceptors (Lipinski definition) is 5. The molecule has 0 N–H and O–H groups in total. The van der Waals surface area contributed by atoms with Crippen LogP contribution in [0.2, 0.25) is 0 Å². The molecule has 174 valence electrons. The van der Waals surface area contributed by atoms with Crippen molar-refractivity contribution in [3.05, 3.63) is 65.7 Å². The second-order valence-electron chi connectivity index (χ2n) is 8.61. The summed E-state index contributed by atoms with van der Waals surface area (Å²) in [6, 6.07) is 18.6. The lowest BCUT2D eigenvalue weighted by molar-refractivity contribution is -0.132. The summed E-state index contributed by atoms with van der Waals surface area (Å²) in [6.45, 7) is 1.61. The van der Waals surface area contributed by atoms with E-state index in [-0.39, 0.29) is 5.91 Å². The number of carbonyl (C=O) groups is 1. The number of fused-ring (bicyclic) bond motifs is 1. The van der Waals surface area contributed by atoms with Crippen LogP contribution in [-0.2, 0) is 17.9 Å². The minimum atomic E-state index is 0.110. The van der Waals surface area contributed by atoms with Crippen LogP contribution in [0.3, 0.4) is 0 Å². The molecule has 0 bridgehead atoms. The molecule has 0 heterocycles. The van der Waals surface area contributed by atoms with Gasteiger partial charge in [0.15, 0.2) is 0 Å².